The fraction of sp³-hybridized carbons (Fsp3) is 0.455. The van der Waals surface area contributed by atoms with E-state index in [2.05, 4.69) is 5.32 Å². The number of aryl methyl sites for hydroxylation is 1. The second kappa shape index (κ2) is 5.34. The van der Waals surface area contributed by atoms with E-state index in [1.165, 1.54) is 0 Å². The van der Waals surface area contributed by atoms with Crippen LogP contribution in [0.3, 0.4) is 0 Å². The highest BCUT2D eigenvalue weighted by Gasteiger charge is 2.16. The van der Waals surface area contributed by atoms with Gasteiger partial charge >= 0.3 is 5.97 Å². The highest BCUT2D eigenvalue weighted by Crippen LogP contribution is 2.11. The molecule has 1 aromatic rings. The topological polar surface area (TPSA) is 60.3 Å². The van der Waals surface area contributed by atoms with E-state index in [9.17, 15) is 9.59 Å². The molecule has 0 aromatic carbocycles. The number of likely N-dealkylation sites (N-methyl/N-ethyl adjacent to an activating group) is 1. The van der Waals surface area contributed by atoms with Gasteiger partial charge in [-0.1, -0.05) is 0 Å². The van der Waals surface area contributed by atoms with E-state index >= 15 is 0 Å². The zero-order valence-electron chi connectivity index (χ0n) is 9.74. The number of nitrogens with one attached hydrogen (secondary N) is 1. The van der Waals surface area contributed by atoms with Gasteiger partial charge in [0, 0.05) is 13.2 Å². The number of rotatable bonds is 4. The summed E-state index contributed by atoms with van der Waals surface area (Å²) in [6.07, 6.45) is 1.71. The first kappa shape index (κ1) is 12.3. The maximum atomic E-state index is 11.6. The van der Waals surface area contributed by atoms with Crippen molar-refractivity contribution in [2.45, 2.75) is 20.4 Å². The molecular weight excluding hydrogens is 208 g/mol. The molecule has 0 bridgehead atoms. The molecule has 88 valence electrons. The lowest BCUT2D eigenvalue weighted by Crippen LogP contribution is -2.25. The zero-order chi connectivity index (χ0) is 12.1. The fourth-order valence-electron chi connectivity index (χ4n) is 1.42. The summed E-state index contributed by atoms with van der Waals surface area (Å²) < 4.78 is 6.52. The molecule has 0 spiro atoms. The van der Waals surface area contributed by atoms with Crippen LogP contribution in [0.2, 0.25) is 0 Å². The van der Waals surface area contributed by atoms with E-state index in [4.69, 9.17) is 4.74 Å². The number of hydrogen-bond acceptors (Lipinski definition) is 3. The van der Waals surface area contributed by atoms with E-state index in [0.29, 0.717) is 12.3 Å². The number of nitrogens with zero attached hydrogens (tertiary/aromatic N) is 1. The molecule has 1 amide bonds. The van der Waals surface area contributed by atoms with Crippen LogP contribution in [0.5, 0.6) is 0 Å². The summed E-state index contributed by atoms with van der Waals surface area (Å²) in [4.78, 5) is 22.9. The Balaban J connectivity index is 2.93. The molecule has 0 saturated carbocycles. The Hall–Kier alpha value is -1.78. The highest BCUT2D eigenvalue weighted by molar-refractivity contribution is 5.90. The van der Waals surface area contributed by atoms with Crippen molar-refractivity contribution in [3.63, 3.8) is 0 Å². The summed E-state index contributed by atoms with van der Waals surface area (Å²) in [5.74, 6) is -0.546. The van der Waals surface area contributed by atoms with Gasteiger partial charge in [-0.2, -0.15) is 0 Å². The SMILES string of the molecule is CCOC(=O)c1c(C)ccn1CC(=O)NC. The number of carbonyl (C=O) groups is 2. The first-order valence-corrected chi connectivity index (χ1v) is 5.13. The summed E-state index contributed by atoms with van der Waals surface area (Å²) in [6.45, 7) is 4.01. The van der Waals surface area contributed by atoms with E-state index in [1.807, 2.05) is 6.92 Å². The standard InChI is InChI=1S/C11H16N2O3/c1-4-16-11(15)10-8(2)5-6-13(10)7-9(14)12-3/h5-6H,4,7H2,1-3H3,(H,12,14). The van der Waals surface area contributed by atoms with Crippen LogP contribution in [0.1, 0.15) is 23.0 Å². The third-order valence-corrected chi connectivity index (χ3v) is 2.23. The lowest BCUT2D eigenvalue weighted by molar-refractivity contribution is -0.121. The van der Waals surface area contributed by atoms with E-state index < -0.39 is 5.97 Å². The Kier molecular flexibility index (Phi) is 4.10. The lowest BCUT2D eigenvalue weighted by Gasteiger charge is -2.08. The molecule has 16 heavy (non-hydrogen) atoms. The smallest absolute Gasteiger partial charge is 0.355 e. The van der Waals surface area contributed by atoms with Crippen molar-refractivity contribution in [3.8, 4) is 0 Å². The monoisotopic (exact) mass is 224 g/mol. The van der Waals surface area contributed by atoms with Crippen LogP contribution < -0.4 is 5.32 Å². The molecule has 0 unspecified atom stereocenters. The molecule has 1 aromatic heterocycles. The highest BCUT2D eigenvalue weighted by atomic mass is 16.5. The van der Waals surface area contributed by atoms with Crippen LogP contribution in [0, 0.1) is 6.92 Å². The third-order valence-electron chi connectivity index (χ3n) is 2.23. The van der Waals surface area contributed by atoms with Gasteiger partial charge in [-0.3, -0.25) is 4.79 Å². The van der Waals surface area contributed by atoms with E-state index in [-0.39, 0.29) is 12.5 Å². The third kappa shape index (κ3) is 2.62. The second-order valence-corrected chi connectivity index (χ2v) is 3.37. The van der Waals surface area contributed by atoms with Gasteiger partial charge in [-0.25, -0.2) is 4.79 Å². The Bertz CT molecular complexity index is 396. The maximum absolute atomic E-state index is 11.6. The normalized spacial score (nSPS) is 9.94. The average Bonchev–Trinajstić information content (AvgIpc) is 2.60. The Labute approximate surface area is 94.4 Å². The van der Waals surface area contributed by atoms with Crippen molar-refractivity contribution < 1.29 is 14.3 Å². The molecule has 5 nitrogen and oxygen atoms in total. The Morgan fingerprint density at radius 3 is 2.75 bits per heavy atom. The number of ether oxygens (including phenoxy) is 1. The van der Waals surface area contributed by atoms with Crippen LogP contribution >= 0.6 is 0 Å². The molecule has 0 atom stereocenters. The van der Waals surface area contributed by atoms with Gasteiger partial charge < -0.3 is 14.6 Å². The minimum atomic E-state index is -0.395. The Morgan fingerprint density at radius 2 is 2.19 bits per heavy atom. The minimum absolute atomic E-state index is 0.123. The summed E-state index contributed by atoms with van der Waals surface area (Å²) >= 11 is 0. The number of hydrogen-bond donors (Lipinski definition) is 1. The molecular formula is C11H16N2O3. The largest absolute Gasteiger partial charge is 0.461 e. The molecule has 1 N–H and O–H groups in total. The van der Waals surface area contributed by atoms with Crippen LogP contribution in [0.4, 0.5) is 0 Å². The predicted octanol–water partition coefficient (Wildman–Crippen LogP) is 0.719. The summed E-state index contributed by atoms with van der Waals surface area (Å²) in [7, 11) is 1.56. The van der Waals surface area contributed by atoms with Crippen LogP contribution in [-0.2, 0) is 16.1 Å². The van der Waals surface area contributed by atoms with Crippen molar-refractivity contribution in [2.24, 2.45) is 0 Å². The Morgan fingerprint density at radius 1 is 1.50 bits per heavy atom. The number of carbonyl (C=O) groups excluding carboxylic acids is 2. The van der Waals surface area contributed by atoms with Crippen molar-refractivity contribution in [3.05, 3.63) is 23.5 Å². The molecule has 0 fully saturated rings. The summed E-state index contributed by atoms with van der Waals surface area (Å²) in [6, 6.07) is 1.79. The summed E-state index contributed by atoms with van der Waals surface area (Å²) in [5.41, 5.74) is 1.24. The van der Waals surface area contributed by atoms with Gasteiger partial charge in [0.2, 0.25) is 5.91 Å². The second-order valence-electron chi connectivity index (χ2n) is 3.37. The average molecular weight is 224 g/mol. The number of amides is 1. The van der Waals surface area contributed by atoms with Crippen LogP contribution in [0.15, 0.2) is 12.3 Å². The predicted molar refractivity (Wildman–Crippen MR) is 59.2 cm³/mol. The van der Waals surface area contributed by atoms with Gasteiger partial charge in [0.15, 0.2) is 0 Å². The van der Waals surface area contributed by atoms with Gasteiger partial charge in [0.1, 0.15) is 12.2 Å². The molecule has 1 rings (SSSR count). The maximum Gasteiger partial charge on any atom is 0.355 e. The van der Waals surface area contributed by atoms with Gasteiger partial charge in [0.25, 0.3) is 0 Å². The van der Waals surface area contributed by atoms with Crippen molar-refractivity contribution in [1.82, 2.24) is 9.88 Å². The first-order valence-electron chi connectivity index (χ1n) is 5.13. The van der Waals surface area contributed by atoms with Crippen molar-refractivity contribution in [1.29, 1.82) is 0 Å². The molecule has 0 aliphatic rings. The molecule has 0 aliphatic carbocycles. The number of esters is 1. The zero-order valence-corrected chi connectivity index (χ0v) is 9.74. The van der Waals surface area contributed by atoms with Crippen molar-refractivity contribution >= 4 is 11.9 Å². The summed E-state index contributed by atoms with van der Waals surface area (Å²) in [5, 5.41) is 2.51. The van der Waals surface area contributed by atoms with Crippen LogP contribution in [0.25, 0.3) is 0 Å². The van der Waals surface area contributed by atoms with E-state index in [1.54, 1.807) is 30.8 Å². The van der Waals surface area contributed by atoms with Crippen LogP contribution in [-0.4, -0.2) is 30.1 Å². The lowest BCUT2D eigenvalue weighted by atomic mass is 10.3. The van der Waals surface area contributed by atoms with E-state index in [0.717, 1.165) is 5.56 Å². The minimum Gasteiger partial charge on any atom is -0.461 e. The van der Waals surface area contributed by atoms with Gasteiger partial charge in [0.05, 0.1) is 6.61 Å². The first-order chi connectivity index (χ1) is 7.60. The molecule has 5 heteroatoms. The molecule has 0 saturated heterocycles. The fourth-order valence-corrected chi connectivity index (χ4v) is 1.42. The quantitative estimate of drug-likeness (QED) is 0.766. The van der Waals surface area contributed by atoms with Gasteiger partial charge in [-0.15, -0.1) is 0 Å². The van der Waals surface area contributed by atoms with Gasteiger partial charge in [-0.05, 0) is 25.5 Å². The van der Waals surface area contributed by atoms with Crippen molar-refractivity contribution in [2.75, 3.05) is 13.7 Å². The number of aromatic nitrogens is 1. The molecule has 1 heterocycles. The molecule has 0 radical (unpaired) electrons. The molecule has 0 aliphatic heterocycles.